The maximum absolute atomic E-state index is 13.8. The molecule has 6 rings (SSSR count). The van der Waals surface area contributed by atoms with Gasteiger partial charge in [-0.2, -0.15) is 0 Å². The van der Waals surface area contributed by atoms with Gasteiger partial charge in [-0.1, -0.05) is 54.1 Å². The minimum absolute atomic E-state index is 0.0841. The largest absolute Gasteiger partial charge is 0.422 e. The molecule has 0 N–H and O–H groups in total. The summed E-state index contributed by atoms with van der Waals surface area (Å²) >= 11 is 6.09. The molecule has 8 heteroatoms. The van der Waals surface area contributed by atoms with Gasteiger partial charge in [-0.15, -0.1) is 0 Å². The van der Waals surface area contributed by atoms with Crippen LogP contribution in [0.3, 0.4) is 0 Å². The Hall–Kier alpha value is -4.75. The van der Waals surface area contributed by atoms with Gasteiger partial charge in [-0.05, 0) is 72.1 Å². The van der Waals surface area contributed by atoms with E-state index in [1.807, 2.05) is 30.3 Å². The van der Waals surface area contributed by atoms with Gasteiger partial charge in [0, 0.05) is 29.2 Å². The Morgan fingerprint density at radius 1 is 0.775 bits per heavy atom. The van der Waals surface area contributed by atoms with Crippen molar-refractivity contribution in [1.29, 1.82) is 0 Å². The number of hydrogen-bond acceptors (Lipinski definition) is 5. The fraction of sp³-hybridized carbons (Fsp3) is 0.125. The fourth-order valence-corrected chi connectivity index (χ4v) is 5.24. The molecule has 0 saturated heterocycles. The van der Waals surface area contributed by atoms with Crippen LogP contribution in [0.25, 0.3) is 21.7 Å². The Morgan fingerprint density at radius 2 is 1.45 bits per heavy atom. The lowest BCUT2D eigenvalue weighted by molar-refractivity contribution is 0.0651. The van der Waals surface area contributed by atoms with E-state index in [9.17, 15) is 19.2 Å². The number of benzene rings is 4. The van der Waals surface area contributed by atoms with Gasteiger partial charge in [0.15, 0.2) is 0 Å². The second-order valence-corrected chi connectivity index (χ2v) is 10.0. The highest BCUT2D eigenvalue weighted by Gasteiger charge is 2.34. The van der Waals surface area contributed by atoms with Crippen LogP contribution in [-0.2, 0) is 0 Å². The Balaban J connectivity index is 1.26. The summed E-state index contributed by atoms with van der Waals surface area (Å²) in [6.45, 7) is 0.468. The van der Waals surface area contributed by atoms with Crippen molar-refractivity contribution in [2.24, 2.45) is 0 Å². The van der Waals surface area contributed by atoms with E-state index in [0.29, 0.717) is 45.6 Å². The lowest BCUT2D eigenvalue weighted by Crippen LogP contribution is -2.36. The molecular formula is C32H23ClN2O5. The third kappa shape index (κ3) is 4.54. The molecule has 4 aromatic carbocycles. The molecule has 1 aliphatic heterocycles. The van der Waals surface area contributed by atoms with Gasteiger partial charge in [-0.25, -0.2) is 4.79 Å². The van der Waals surface area contributed by atoms with Crippen LogP contribution >= 0.6 is 11.6 Å². The number of nitrogens with zero attached hydrogens (tertiary/aromatic N) is 2. The molecule has 1 aromatic heterocycles. The first-order chi connectivity index (χ1) is 19.4. The molecule has 2 heterocycles. The number of unbranched alkanes of at least 4 members (excludes halogenated alkanes) is 1. The van der Waals surface area contributed by atoms with E-state index in [1.165, 1.54) is 9.80 Å². The number of halogens is 1. The molecule has 0 radical (unpaired) electrons. The van der Waals surface area contributed by atoms with Crippen LogP contribution in [0.2, 0.25) is 5.02 Å². The number of amides is 3. The molecule has 198 valence electrons. The van der Waals surface area contributed by atoms with E-state index in [1.54, 1.807) is 60.7 Å². The molecule has 0 atom stereocenters. The number of carbonyl (C=O) groups is 3. The molecule has 7 nitrogen and oxygen atoms in total. The molecular weight excluding hydrogens is 528 g/mol. The standard InChI is InChI=1S/C32H23ClN2O5/c33-21-12-14-22(15-13-21)34(17-5-6-18-35-29(36)24-9-3-4-10-25(24)30(35)37)31(38)27-19-26-23-8-2-1-7-20(23)11-16-28(26)40-32(27)39/h1-4,7-16,19H,5-6,17-18H2. The molecule has 0 unspecified atom stereocenters. The van der Waals surface area contributed by atoms with Crippen molar-refractivity contribution in [2.75, 3.05) is 18.0 Å². The lowest BCUT2D eigenvalue weighted by Gasteiger charge is -2.23. The summed E-state index contributed by atoms with van der Waals surface area (Å²) in [4.78, 5) is 55.0. The second kappa shape index (κ2) is 10.4. The molecule has 0 fully saturated rings. The number of carbonyl (C=O) groups excluding carboxylic acids is 3. The zero-order valence-corrected chi connectivity index (χ0v) is 22.1. The van der Waals surface area contributed by atoms with Crippen molar-refractivity contribution in [2.45, 2.75) is 12.8 Å². The zero-order chi connectivity index (χ0) is 27.8. The number of anilines is 1. The van der Waals surface area contributed by atoms with Crippen LogP contribution in [0.5, 0.6) is 0 Å². The van der Waals surface area contributed by atoms with Crippen LogP contribution in [-0.4, -0.2) is 35.7 Å². The van der Waals surface area contributed by atoms with Crippen LogP contribution in [0, 0.1) is 0 Å². The Kier molecular flexibility index (Phi) is 6.66. The van der Waals surface area contributed by atoms with Crippen LogP contribution in [0.15, 0.2) is 100 Å². The summed E-state index contributed by atoms with van der Waals surface area (Å²) in [6, 6.07) is 26.4. The Morgan fingerprint density at radius 3 is 2.17 bits per heavy atom. The third-order valence-electron chi connectivity index (χ3n) is 7.15. The molecule has 40 heavy (non-hydrogen) atoms. The highest BCUT2D eigenvalue weighted by atomic mass is 35.5. The first kappa shape index (κ1) is 25.5. The average molecular weight is 551 g/mol. The number of hydrogen-bond donors (Lipinski definition) is 0. The van der Waals surface area contributed by atoms with Crippen molar-refractivity contribution < 1.29 is 18.8 Å². The number of fused-ring (bicyclic) bond motifs is 4. The third-order valence-corrected chi connectivity index (χ3v) is 7.40. The molecule has 0 spiro atoms. The van der Waals surface area contributed by atoms with Gasteiger partial charge in [0.2, 0.25) is 0 Å². The van der Waals surface area contributed by atoms with Crippen molar-refractivity contribution in [3.05, 3.63) is 123 Å². The van der Waals surface area contributed by atoms with Crippen molar-refractivity contribution in [3.8, 4) is 0 Å². The molecule has 0 bridgehead atoms. The van der Waals surface area contributed by atoms with E-state index in [4.69, 9.17) is 16.0 Å². The lowest BCUT2D eigenvalue weighted by atomic mass is 10.0. The second-order valence-electron chi connectivity index (χ2n) is 9.59. The summed E-state index contributed by atoms with van der Waals surface area (Å²) in [5.74, 6) is -1.13. The van der Waals surface area contributed by atoms with E-state index >= 15 is 0 Å². The number of rotatable bonds is 7. The monoisotopic (exact) mass is 550 g/mol. The van der Waals surface area contributed by atoms with Gasteiger partial charge in [0.1, 0.15) is 11.1 Å². The van der Waals surface area contributed by atoms with Crippen LogP contribution in [0.1, 0.15) is 43.9 Å². The smallest absolute Gasteiger partial charge is 0.349 e. The molecule has 5 aromatic rings. The number of imide groups is 1. The first-order valence-corrected chi connectivity index (χ1v) is 13.3. The predicted molar refractivity (Wildman–Crippen MR) is 154 cm³/mol. The summed E-state index contributed by atoms with van der Waals surface area (Å²) < 4.78 is 5.57. The van der Waals surface area contributed by atoms with E-state index in [-0.39, 0.29) is 30.5 Å². The van der Waals surface area contributed by atoms with E-state index < -0.39 is 11.5 Å². The SMILES string of the molecule is O=C1c2ccccc2C(=O)N1CCCCN(C(=O)c1cc2c(ccc3ccccc32)oc1=O)c1ccc(Cl)cc1. The van der Waals surface area contributed by atoms with Crippen molar-refractivity contribution in [3.63, 3.8) is 0 Å². The summed E-state index contributed by atoms with van der Waals surface area (Å²) in [5.41, 5.74) is 0.964. The van der Waals surface area contributed by atoms with E-state index in [0.717, 1.165) is 10.8 Å². The minimum Gasteiger partial charge on any atom is -0.422 e. The highest BCUT2D eigenvalue weighted by molar-refractivity contribution is 6.30. The first-order valence-electron chi connectivity index (χ1n) is 12.9. The normalized spacial score (nSPS) is 12.8. The predicted octanol–water partition coefficient (Wildman–Crippen LogP) is 6.32. The topological polar surface area (TPSA) is 87.9 Å². The summed E-state index contributed by atoms with van der Waals surface area (Å²) in [7, 11) is 0. The Labute approximate surface area is 234 Å². The Bertz CT molecular complexity index is 1830. The quantitative estimate of drug-likeness (QED) is 0.102. The molecule has 1 aliphatic rings. The average Bonchev–Trinajstić information content (AvgIpc) is 3.22. The van der Waals surface area contributed by atoms with Crippen LogP contribution in [0.4, 0.5) is 5.69 Å². The van der Waals surface area contributed by atoms with Crippen LogP contribution < -0.4 is 10.5 Å². The van der Waals surface area contributed by atoms with Crippen molar-refractivity contribution in [1.82, 2.24) is 4.90 Å². The molecule has 0 saturated carbocycles. The molecule has 3 amide bonds. The van der Waals surface area contributed by atoms with Crippen molar-refractivity contribution >= 4 is 56.8 Å². The van der Waals surface area contributed by atoms with Gasteiger partial charge >= 0.3 is 5.63 Å². The van der Waals surface area contributed by atoms with Gasteiger partial charge in [0.05, 0.1) is 11.1 Å². The zero-order valence-electron chi connectivity index (χ0n) is 21.3. The summed E-state index contributed by atoms with van der Waals surface area (Å²) in [5, 5.41) is 3.02. The van der Waals surface area contributed by atoms with Gasteiger partial charge in [-0.3, -0.25) is 19.3 Å². The van der Waals surface area contributed by atoms with Gasteiger partial charge in [0.25, 0.3) is 17.7 Å². The summed E-state index contributed by atoms with van der Waals surface area (Å²) in [6.07, 6.45) is 0.948. The molecule has 0 aliphatic carbocycles. The highest BCUT2D eigenvalue weighted by Crippen LogP contribution is 2.27. The maximum atomic E-state index is 13.8. The van der Waals surface area contributed by atoms with Gasteiger partial charge < -0.3 is 9.32 Å². The maximum Gasteiger partial charge on any atom is 0.349 e. The minimum atomic E-state index is -0.724. The van der Waals surface area contributed by atoms with E-state index in [2.05, 4.69) is 0 Å². The fourth-order valence-electron chi connectivity index (χ4n) is 5.12.